The molecule has 0 atom stereocenters. The Morgan fingerprint density at radius 2 is 1.14 bits per heavy atom. The molecule has 7 heteroatoms. The molecule has 0 aliphatic carbocycles. The van der Waals surface area contributed by atoms with Crippen molar-refractivity contribution in [1.82, 2.24) is 6.15 Å². The Morgan fingerprint density at radius 3 is 1.14 bits per heavy atom. The Morgan fingerprint density at radius 1 is 1.14 bits per heavy atom. The number of phosphoric acid groups is 1. The summed E-state index contributed by atoms with van der Waals surface area (Å²) < 4.78 is 8.55. The summed E-state index contributed by atoms with van der Waals surface area (Å²) in [7, 11) is -5.39. The summed E-state index contributed by atoms with van der Waals surface area (Å²) in [5.41, 5.74) is 0. The topological polar surface area (TPSA) is 123 Å². The number of hydrogen-bond acceptors (Lipinski definition) is 4. The summed E-state index contributed by atoms with van der Waals surface area (Å²) >= 11 is 0. The van der Waals surface area contributed by atoms with Crippen LogP contribution < -0.4 is 37.8 Å². The molecule has 0 heterocycles. The fraction of sp³-hybridized carbons (Fsp3) is 0. The van der Waals surface area contributed by atoms with Gasteiger partial charge in [0.1, 0.15) is 0 Å². The van der Waals surface area contributed by atoms with Crippen LogP contribution >= 0.6 is 7.82 Å². The average molecular weight is 193 g/mol. The number of hydrogen-bond donors (Lipinski definition) is 1. The van der Waals surface area contributed by atoms with Crippen molar-refractivity contribution >= 4 is 7.82 Å². The predicted molar refractivity (Wildman–Crippen MR) is 13.6 cm³/mol. The summed E-state index contributed by atoms with van der Waals surface area (Å²) in [5, 5.41) is 0. The van der Waals surface area contributed by atoms with Crippen molar-refractivity contribution in [2.24, 2.45) is 0 Å². The Hall–Kier alpha value is 0.550. The maximum absolute atomic E-state index is 8.55. The first-order chi connectivity index (χ1) is 2.00. The van der Waals surface area contributed by atoms with Crippen LogP contribution in [0, 0.1) is 0 Å². The Bertz CT molecular complexity index is 57.8. The van der Waals surface area contributed by atoms with Gasteiger partial charge >= 0.3 is 0 Å². The SMILES string of the molecule is O=P([O-])([O-])[O-].[Br-].[NH4+]. The highest BCUT2D eigenvalue weighted by atomic mass is 79.9. The van der Waals surface area contributed by atoms with Crippen LogP contribution in [0.15, 0.2) is 0 Å². The molecule has 0 amide bonds. The monoisotopic (exact) mass is 192 g/mol. The van der Waals surface area contributed by atoms with E-state index in [4.69, 9.17) is 19.2 Å². The molecular formula is H4BrNO4P-3. The molecule has 0 fully saturated rings. The van der Waals surface area contributed by atoms with Gasteiger partial charge < -0.3 is 42.4 Å². The Balaban J connectivity index is -0.0000000800. The first-order valence-electron chi connectivity index (χ1n) is 0.730. The van der Waals surface area contributed by atoms with E-state index < -0.39 is 7.82 Å². The zero-order valence-electron chi connectivity index (χ0n) is 3.46. The molecule has 0 aromatic heterocycles. The molecule has 0 aromatic carbocycles. The molecule has 0 spiro atoms. The van der Waals surface area contributed by atoms with Gasteiger partial charge in [-0.25, -0.2) is 0 Å². The minimum Gasteiger partial charge on any atom is -1.00 e. The second-order valence-electron chi connectivity index (χ2n) is 0.447. The third-order valence-corrected chi connectivity index (χ3v) is 0. The van der Waals surface area contributed by atoms with Crippen molar-refractivity contribution in [2.45, 2.75) is 0 Å². The zero-order valence-corrected chi connectivity index (χ0v) is 5.94. The van der Waals surface area contributed by atoms with Gasteiger partial charge in [0.15, 0.2) is 0 Å². The molecule has 0 rings (SSSR count). The van der Waals surface area contributed by atoms with Gasteiger partial charge in [0.05, 0.1) is 0 Å². The van der Waals surface area contributed by atoms with Crippen molar-refractivity contribution in [3.8, 4) is 0 Å². The molecule has 0 bridgehead atoms. The standard InChI is InChI=1S/BrH.H3N.H3O4P/c;;1-5(2,3)4/h1H;1H3;(H3,1,2,3,4)/p-3. The lowest BCUT2D eigenvalue weighted by atomic mass is 14.0. The molecule has 0 aromatic rings. The van der Waals surface area contributed by atoms with Crippen LogP contribution in [0.1, 0.15) is 0 Å². The summed E-state index contributed by atoms with van der Waals surface area (Å²) in [6, 6.07) is 0. The largest absolute Gasteiger partial charge is 1.00 e. The van der Waals surface area contributed by atoms with Gasteiger partial charge in [-0.3, -0.25) is 0 Å². The fourth-order valence-corrected chi connectivity index (χ4v) is 0. The molecule has 5 nitrogen and oxygen atoms in total. The van der Waals surface area contributed by atoms with Crippen molar-refractivity contribution in [2.75, 3.05) is 0 Å². The first kappa shape index (κ1) is 15.6. The third kappa shape index (κ3) is 448. The minimum atomic E-state index is -5.39. The fourth-order valence-electron chi connectivity index (χ4n) is 0. The molecule has 0 saturated heterocycles. The minimum absolute atomic E-state index is 0. The highest BCUT2D eigenvalue weighted by Crippen LogP contribution is 2.03. The van der Waals surface area contributed by atoms with Crippen LogP contribution in [0.5, 0.6) is 0 Å². The molecule has 0 radical (unpaired) electrons. The maximum Gasteiger partial charge on any atom is -0.159 e. The normalized spacial score (nSPS) is 8.43. The number of rotatable bonds is 0. The van der Waals surface area contributed by atoms with E-state index in [2.05, 4.69) is 0 Å². The van der Waals surface area contributed by atoms with Gasteiger partial charge in [0.25, 0.3) is 0 Å². The molecule has 48 valence electrons. The van der Waals surface area contributed by atoms with Crippen LogP contribution in [0.3, 0.4) is 0 Å². The Kier molecular flexibility index (Phi) is 10.5. The van der Waals surface area contributed by atoms with Crippen LogP contribution in [-0.2, 0) is 4.57 Å². The summed E-state index contributed by atoms with van der Waals surface area (Å²) in [6.07, 6.45) is 0. The quantitative estimate of drug-likeness (QED) is 0.385. The van der Waals surface area contributed by atoms with Gasteiger partial charge in [-0.1, -0.05) is 0 Å². The predicted octanol–water partition coefficient (Wildman–Crippen LogP) is -5.44. The second-order valence-corrected chi connectivity index (χ2v) is 1.34. The molecule has 0 saturated carbocycles. The molecule has 4 N–H and O–H groups in total. The van der Waals surface area contributed by atoms with Crippen LogP contribution in [0.25, 0.3) is 0 Å². The van der Waals surface area contributed by atoms with Gasteiger partial charge in [0, 0.05) is 0 Å². The van der Waals surface area contributed by atoms with Crippen LogP contribution in [0.2, 0.25) is 0 Å². The van der Waals surface area contributed by atoms with Gasteiger partial charge in [-0.2, -0.15) is 7.82 Å². The lowest BCUT2D eigenvalue weighted by Crippen LogP contribution is -3.00. The molecule has 0 aliphatic rings. The molecule has 7 heavy (non-hydrogen) atoms. The third-order valence-electron chi connectivity index (χ3n) is 0. The van der Waals surface area contributed by atoms with Gasteiger partial charge in [-0.15, -0.1) is 0 Å². The van der Waals surface area contributed by atoms with Crippen LogP contribution in [0.4, 0.5) is 0 Å². The maximum atomic E-state index is 8.55. The van der Waals surface area contributed by atoms with E-state index in [-0.39, 0.29) is 23.1 Å². The summed E-state index contributed by atoms with van der Waals surface area (Å²) in [4.78, 5) is 25.6. The van der Waals surface area contributed by atoms with Crippen molar-refractivity contribution in [3.05, 3.63) is 0 Å². The van der Waals surface area contributed by atoms with E-state index >= 15 is 0 Å². The van der Waals surface area contributed by atoms with Crippen LogP contribution in [-0.4, -0.2) is 0 Å². The van der Waals surface area contributed by atoms with Crippen molar-refractivity contribution < 1.29 is 36.2 Å². The first-order valence-corrected chi connectivity index (χ1v) is 2.19. The highest BCUT2D eigenvalue weighted by Gasteiger charge is 1.44. The summed E-state index contributed by atoms with van der Waals surface area (Å²) in [5.74, 6) is 0. The smallest absolute Gasteiger partial charge is 0.159 e. The average Bonchev–Trinajstić information content (AvgIpc) is 0.722. The van der Waals surface area contributed by atoms with E-state index in [9.17, 15) is 0 Å². The number of halogens is 1. The van der Waals surface area contributed by atoms with Crippen molar-refractivity contribution in [3.63, 3.8) is 0 Å². The highest BCUT2D eigenvalue weighted by molar-refractivity contribution is 7.40. The molecule has 0 aliphatic heterocycles. The molecular weight excluding hydrogens is 189 g/mol. The second kappa shape index (κ2) is 4.70. The van der Waals surface area contributed by atoms with E-state index in [1.54, 1.807) is 0 Å². The Labute approximate surface area is 51.0 Å². The summed E-state index contributed by atoms with van der Waals surface area (Å²) in [6.45, 7) is 0. The van der Waals surface area contributed by atoms with E-state index in [1.165, 1.54) is 0 Å². The van der Waals surface area contributed by atoms with Crippen molar-refractivity contribution in [1.29, 1.82) is 0 Å². The van der Waals surface area contributed by atoms with E-state index in [0.717, 1.165) is 0 Å². The lowest BCUT2D eigenvalue weighted by Gasteiger charge is -2.36. The number of quaternary nitrogens is 1. The molecule has 0 unspecified atom stereocenters. The lowest BCUT2D eigenvalue weighted by molar-refractivity contribution is -0.432. The van der Waals surface area contributed by atoms with Gasteiger partial charge in [-0.05, 0) is 0 Å². The van der Waals surface area contributed by atoms with E-state index in [1.807, 2.05) is 0 Å². The zero-order chi connectivity index (χ0) is 4.50. The van der Waals surface area contributed by atoms with Gasteiger partial charge in [0.2, 0.25) is 0 Å². The van der Waals surface area contributed by atoms with E-state index in [0.29, 0.717) is 0 Å².